The van der Waals surface area contributed by atoms with Gasteiger partial charge in [0.05, 0.1) is 16.5 Å². The van der Waals surface area contributed by atoms with Gasteiger partial charge >= 0.3 is 5.97 Å². The minimum absolute atomic E-state index is 0.0806. The molecule has 8 heteroatoms. The number of carbonyl (C=O) groups is 1. The first-order chi connectivity index (χ1) is 13.9. The Hall–Kier alpha value is -3.68. The van der Waals surface area contributed by atoms with Crippen LogP contribution >= 0.6 is 0 Å². The molecule has 0 fully saturated rings. The predicted molar refractivity (Wildman–Crippen MR) is 109 cm³/mol. The van der Waals surface area contributed by atoms with Gasteiger partial charge in [0, 0.05) is 24.4 Å². The largest absolute Gasteiger partial charge is 0.478 e. The molecule has 0 saturated carbocycles. The molecule has 0 amide bonds. The Bertz CT molecular complexity index is 972. The van der Waals surface area contributed by atoms with E-state index in [4.69, 9.17) is 5.41 Å². The standard InChI is InChI=1S/C21H22N4O4/c1-14-18(20(26)27)19(16-10-5-11-17(13-16)25(28)29)24(21(22)23-14)12-6-9-15-7-3-2-4-8-15/h2-5,7-8,10-11,13,19H,6,9,12H2,1H3,(H2,22,23)(H,26,27). The van der Waals surface area contributed by atoms with E-state index >= 15 is 0 Å². The molecule has 0 aromatic heterocycles. The summed E-state index contributed by atoms with van der Waals surface area (Å²) in [7, 11) is 0. The maximum atomic E-state index is 12.0. The fourth-order valence-corrected chi connectivity index (χ4v) is 3.58. The molecule has 0 radical (unpaired) electrons. The van der Waals surface area contributed by atoms with Crippen LogP contribution in [-0.4, -0.2) is 33.4 Å². The van der Waals surface area contributed by atoms with Crippen molar-refractivity contribution in [2.24, 2.45) is 0 Å². The van der Waals surface area contributed by atoms with Crippen LogP contribution < -0.4 is 5.32 Å². The van der Waals surface area contributed by atoms with Crippen molar-refractivity contribution in [2.45, 2.75) is 25.8 Å². The number of nitrogens with one attached hydrogen (secondary N) is 2. The van der Waals surface area contributed by atoms with Gasteiger partial charge in [-0.15, -0.1) is 0 Å². The molecule has 2 aromatic carbocycles. The highest BCUT2D eigenvalue weighted by molar-refractivity contribution is 5.94. The molecule has 1 aliphatic heterocycles. The summed E-state index contributed by atoms with van der Waals surface area (Å²) in [6, 6.07) is 15.1. The van der Waals surface area contributed by atoms with Gasteiger partial charge in [-0.25, -0.2) is 4.79 Å². The molecule has 1 heterocycles. The average molecular weight is 394 g/mol. The molecule has 3 rings (SSSR count). The van der Waals surface area contributed by atoms with Crippen LogP contribution in [0.25, 0.3) is 0 Å². The lowest BCUT2D eigenvalue weighted by Gasteiger charge is -2.39. The third kappa shape index (κ3) is 4.43. The topological polar surface area (TPSA) is 120 Å². The molecule has 1 aliphatic rings. The summed E-state index contributed by atoms with van der Waals surface area (Å²) < 4.78 is 0. The Morgan fingerprint density at radius 2 is 1.97 bits per heavy atom. The molecule has 2 aromatic rings. The Labute approximate surface area is 168 Å². The first kappa shape index (κ1) is 20.1. The third-order valence-corrected chi connectivity index (χ3v) is 4.92. The highest BCUT2D eigenvalue weighted by atomic mass is 16.6. The van der Waals surface area contributed by atoms with Gasteiger partial charge in [-0.05, 0) is 30.9 Å². The number of hydrogen-bond donors (Lipinski definition) is 3. The van der Waals surface area contributed by atoms with Gasteiger partial charge in [0.15, 0.2) is 5.96 Å². The van der Waals surface area contributed by atoms with E-state index in [0.29, 0.717) is 24.2 Å². The molecular weight excluding hydrogens is 372 g/mol. The molecular formula is C21H22N4O4. The second kappa shape index (κ2) is 8.55. The maximum Gasteiger partial charge on any atom is 0.335 e. The van der Waals surface area contributed by atoms with E-state index in [2.05, 4.69) is 5.32 Å². The summed E-state index contributed by atoms with van der Waals surface area (Å²) in [5, 5.41) is 32.2. The van der Waals surface area contributed by atoms with E-state index in [1.807, 2.05) is 30.3 Å². The van der Waals surface area contributed by atoms with Gasteiger partial charge in [-0.3, -0.25) is 15.5 Å². The Balaban J connectivity index is 1.93. The van der Waals surface area contributed by atoms with Crippen molar-refractivity contribution in [1.29, 1.82) is 5.41 Å². The number of allylic oxidation sites excluding steroid dienone is 1. The van der Waals surface area contributed by atoms with Crippen molar-refractivity contribution < 1.29 is 14.8 Å². The Morgan fingerprint density at radius 3 is 2.62 bits per heavy atom. The van der Waals surface area contributed by atoms with Crippen molar-refractivity contribution in [1.82, 2.24) is 10.2 Å². The second-order valence-corrected chi connectivity index (χ2v) is 6.85. The Kier molecular flexibility index (Phi) is 5.92. The number of carboxylic acids is 1. The maximum absolute atomic E-state index is 12.0. The van der Waals surface area contributed by atoms with Gasteiger partial charge in [0.2, 0.25) is 0 Å². The highest BCUT2D eigenvalue weighted by Gasteiger charge is 2.36. The third-order valence-electron chi connectivity index (χ3n) is 4.92. The zero-order valence-electron chi connectivity index (χ0n) is 16.0. The molecule has 150 valence electrons. The van der Waals surface area contributed by atoms with Crippen LogP contribution in [0.1, 0.15) is 30.5 Å². The first-order valence-electron chi connectivity index (χ1n) is 9.23. The summed E-state index contributed by atoms with van der Waals surface area (Å²) in [5.41, 5.74) is 1.96. The van der Waals surface area contributed by atoms with Crippen LogP contribution in [0.4, 0.5) is 5.69 Å². The van der Waals surface area contributed by atoms with E-state index in [1.54, 1.807) is 17.9 Å². The quantitative estimate of drug-likeness (QED) is 0.489. The van der Waals surface area contributed by atoms with Crippen LogP contribution in [0, 0.1) is 15.5 Å². The average Bonchev–Trinajstić information content (AvgIpc) is 2.69. The van der Waals surface area contributed by atoms with E-state index in [1.165, 1.54) is 18.2 Å². The van der Waals surface area contributed by atoms with Crippen LogP contribution in [0.3, 0.4) is 0 Å². The number of aliphatic carboxylic acids is 1. The molecule has 29 heavy (non-hydrogen) atoms. The van der Waals surface area contributed by atoms with Crippen molar-refractivity contribution in [3.05, 3.63) is 87.1 Å². The summed E-state index contributed by atoms with van der Waals surface area (Å²) in [4.78, 5) is 24.3. The molecule has 1 unspecified atom stereocenters. The van der Waals surface area contributed by atoms with Crippen molar-refractivity contribution in [2.75, 3.05) is 6.54 Å². The van der Waals surface area contributed by atoms with Crippen LogP contribution in [0.2, 0.25) is 0 Å². The van der Waals surface area contributed by atoms with Crippen LogP contribution in [0.15, 0.2) is 65.9 Å². The first-order valence-corrected chi connectivity index (χ1v) is 9.23. The molecule has 3 N–H and O–H groups in total. The van der Waals surface area contributed by atoms with E-state index in [9.17, 15) is 20.0 Å². The van der Waals surface area contributed by atoms with Crippen LogP contribution in [0.5, 0.6) is 0 Å². The lowest BCUT2D eigenvalue weighted by atomic mass is 9.93. The normalized spacial score (nSPS) is 16.5. The van der Waals surface area contributed by atoms with Gasteiger partial charge in [-0.2, -0.15) is 0 Å². The summed E-state index contributed by atoms with van der Waals surface area (Å²) in [6.45, 7) is 2.03. The fraction of sp³-hybridized carbons (Fsp3) is 0.238. The summed E-state index contributed by atoms with van der Waals surface area (Å²) in [5.74, 6) is -1.04. The SMILES string of the molecule is CC1=C(C(=O)O)C(c2cccc([N+](=O)[O-])c2)N(CCCc2ccccc2)C(=N)N1. The number of guanidine groups is 1. The number of non-ortho nitro benzene ring substituents is 1. The van der Waals surface area contributed by atoms with Crippen molar-refractivity contribution >= 4 is 17.6 Å². The smallest absolute Gasteiger partial charge is 0.335 e. The lowest BCUT2D eigenvalue weighted by Crippen LogP contribution is -2.49. The zero-order chi connectivity index (χ0) is 21.0. The Morgan fingerprint density at radius 1 is 1.24 bits per heavy atom. The van der Waals surface area contributed by atoms with E-state index < -0.39 is 16.9 Å². The molecule has 0 bridgehead atoms. The second-order valence-electron chi connectivity index (χ2n) is 6.85. The highest BCUT2D eigenvalue weighted by Crippen LogP contribution is 2.35. The van der Waals surface area contributed by atoms with Gasteiger partial charge in [0.25, 0.3) is 5.69 Å². The summed E-state index contributed by atoms with van der Waals surface area (Å²) in [6.07, 6.45) is 1.48. The van der Waals surface area contributed by atoms with E-state index in [0.717, 1.165) is 12.0 Å². The minimum Gasteiger partial charge on any atom is -0.478 e. The fourth-order valence-electron chi connectivity index (χ4n) is 3.58. The summed E-state index contributed by atoms with van der Waals surface area (Å²) >= 11 is 0. The number of aryl methyl sites for hydroxylation is 1. The van der Waals surface area contributed by atoms with E-state index in [-0.39, 0.29) is 17.2 Å². The number of rotatable bonds is 7. The number of benzene rings is 2. The molecule has 0 saturated heterocycles. The van der Waals surface area contributed by atoms with Gasteiger partial charge in [-0.1, -0.05) is 42.5 Å². The van der Waals surface area contributed by atoms with Crippen molar-refractivity contribution in [3.63, 3.8) is 0 Å². The molecule has 8 nitrogen and oxygen atoms in total. The number of nitrogens with zero attached hydrogens (tertiary/aromatic N) is 2. The van der Waals surface area contributed by atoms with Gasteiger partial charge < -0.3 is 15.3 Å². The number of nitro groups is 1. The van der Waals surface area contributed by atoms with Gasteiger partial charge in [0.1, 0.15) is 0 Å². The van der Waals surface area contributed by atoms with Crippen LogP contribution in [-0.2, 0) is 11.2 Å². The molecule has 0 spiro atoms. The number of carboxylic acid groups (broad SMARTS) is 1. The predicted octanol–water partition coefficient (Wildman–Crippen LogP) is 3.47. The number of hydrogen-bond acceptors (Lipinski definition) is 4. The molecule has 1 atom stereocenters. The lowest BCUT2D eigenvalue weighted by molar-refractivity contribution is -0.384. The monoisotopic (exact) mass is 394 g/mol. The molecule has 0 aliphatic carbocycles. The van der Waals surface area contributed by atoms with Crippen molar-refractivity contribution in [3.8, 4) is 0 Å². The number of nitro benzene ring substituents is 1. The minimum atomic E-state index is -1.12. The zero-order valence-corrected chi connectivity index (χ0v) is 16.0.